The van der Waals surface area contributed by atoms with Crippen molar-refractivity contribution in [1.82, 2.24) is 10.3 Å². The van der Waals surface area contributed by atoms with E-state index in [2.05, 4.69) is 24.1 Å². The molecule has 3 unspecified atom stereocenters. The summed E-state index contributed by atoms with van der Waals surface area (Å²) < 4.78 is 0. The second kappa shape index (κ2) is 6.24. The maximum absolute atomic E-state index is 12.3. The van der Waals surface area contributed by atoms with Gasteiger partial charge in [0.15, 0.2) is 0 Å². The summed E-state index contributed by atoms with van der Waals surface area (Å²) in [6, 6.07) is 3.10. The van der Waals surface area contributed by atoms with Gasteiger partial charge in [0.1, 0.15) is 5.69 Å². The first-order valence-corrected chi connectivity index (χ1v) is 7.45. The van der Waals surface area contributed by atoms with Crippen molar-refractivity contribution in [3.63, 3.8) is 0 Å². The fourth-order valence-electron chi connectivity index (χ4n) is 3.18. The Labute approximate surface area is 124 Å². The number of rotatable bonds is 4. The lowest BCUT2D eigenvalue weighted by Gasteiger charge is -2.20. The van der Waals surface area contributed by atoms with Crippen LogP contribution in [0.4, 0.5) is 0 Å². The molecular weight excluding hydrogens is 268 g/mol. The molecule has 0 bridgehead atoms. The zero-order valence-electron chi connectivity index (χ0n) is 12.7. The van der Waals surface area contributed by atoms with Gasteiger partial charge in [0.2, 0.25) is 0 Å². The van der Waals surface area contributed by atoms with Gasteiger partial charge in [0, 0.05) is 6.04 Å². The molecule has 1 aromatic heterocycles. The van der Waals surface area contributed by atoms with E-state index in [0.717, 1.165) is 19.3 Å². The van der Waals surface area contributed by atoms with Gasteiger partial charge in [-0.25, -0.2) is 9.78 Å². The number of hydrogen-bond donors (Lipinski definition) is 2. The molecular formula is C16H22N2O3. The first-order valence-electron chi connectivity index (χ1n) is 7.45. The normalized spacial score (nSPS) is 24.8. The summed E-state index contributed by atoms with van der Waals surface area (Å²) in [5.74, 6) is -0.108. The summed E-state index contributed by atoms with van der Waals surface area (Å²) in [7, 11) is 0. The van der Waals surface area contributed by atoms with E-state index in [4.69, 9.17) is 5.11 Å². The minimum atomic E-state index is -1.03. The second-order valence-electron chi connectivity index (χ2n) is 5.82. The molecule has 1 fully saturated rings. The van der Waals surface area contributed by atoms with Crippen molar-refractivity contribution in [2.75, 3.05) is 0 Å². The molecule has 1 aliphatic rings. The van der Waals surface area contributed by atoms with E-state index in [0.29, 0.717) is 17.5 Å². The molecule has 2 rings (SSSR count). The van der Waals surface area contributed by atoms with Crippen molar-refractivity contribution in [3.8, 4) is 0 Å². The Morgan fingerprint density at radius 2 is 2.10 bits per heavy atom. The van der Waals surface area contributed by atoms with Crippen LogP contribution in [0.2, 0.25) is 0 Å². The van der Waals surface area contributed by atoms with E-state index in [1.54, 1.807) is 6.92 Å². The quantitative estimate of drug-likeness (QED) is 0.893. The summed E-state index contributed by atoms with van der Waals surface area (Å²) in [6.07, 6.45) is 3.28. The van der Waals surface area contributed by atoms with E-state index >= 15 is 0 Å². The number of hydrogen-bond acceptors (Lipinski definition) is 3. The Hall–Kier alpha value is -1.91. The van der Waals surface area contributed by atoms with Crippen LogP contribution in [-0.2, 0) is 0 Å². The fraction of sp³-hybridized carbons (Fsp3) is 0.562. The molecule has 0 saturated heterocycles. The largest absolute Gasteiger partial charge is 0.478 e. The summed E-state index contributed by atoms with van der Waals surface area (Å²) in [5, 5.41) is 12.0. The number of carboxylic acid groups (broad SMARTS) is 1. The molecule has 0 aliphatic heterocycles. The molecule has 114 valence electrons. The van der Waals surface area contributed by atoms with Gasteiger partial charge >= 0.3 is 5.97 Å². The highest BCUT2D eigenvalue weighted by molar-refractivity contribution is 5.94. The van der Waals surface area contributed by atoms with E-state index in [9.17, 15) is 9.59 Å². The van der Waals surface area contributed by atoms with Gasteiger partial charge in [0.05, 0.1) is 11.3 Å². The molecule has 1 aromatic rings. The third-order valence-electron chi connectivity index (χ3n) is 4.62. The highest BCUT2D eigenvalue weighted by Gasteiger charge is 2.32. The van der Waals surface area contributed by atoms with Crippen molar-refractivity contribution in [2.45, 2.75) is 46.1 Å². The second-order valence-corrected chi connectivity index (χ2v) is 5.82. The summed E-state index contributed by atoms with van der Waals surface area (Å²) in [4.78, 5) is 27.3. The first-order chi connectivity index (χ1) is 9.93. The molecule has 0 radical (unpaired) electrons. The van der Waals surface area contributed by atoms with Crippen LogP contribution in [0, 0.1) is 18.8 Å². The van der Waals surface area contributed by atoms with E-state index < -0.39 is 5.97 Å². The van der Waals surface area contributed by atoms with Crippen LogP contribution in [0.1, 0.15) is 59.7 Å². The summed E-state index contributed by atoms with van der Waals surface area (Å²) in [6.45, 7) is 5.96. The molecule has 0 spiro atoms. The van der Waals surface area contributed by atoms with Crippen LogP contribution in [0.25, 0.3) is 0 Å². The van der Waals surface area contributed by atoms with Crippen LogP contribution >= 0.6 is 0 Å². The van der Waals surface area contributed by atoms with Crippen LogP contribution in [-0.4, -0.2) is 28.0 Å². The number of carboxylic acids is 1. The lowest BCUT2D eigenvalue weighted by molar-refractivity contribution is 0.0694. The third-order valence-corrected chi connectivity index (χ3v) is 4.62. The third kappa shape index (κ3) is 3.23. The number of amides is 1. The van der Waals surface area contributed by atoms with Crippen molar-refractivity contribution in [2.24, 2.45) is 11.8 Å². The van der Waals surface area contributed by atoms with Gasteiger partial charge in [-0.2, -0.15) is 0 Å². The molecule has 2 N–H and O–H groups in total. The van der Waals surface area contributed by atoms with Gasteiger partial charge < -0.3 is 10.4 Å². The SMILES string of the molecule is CCC1CCC(NC(=O)c2ccc(C(=O)O)c(C)n2)C1C. The molecule has 1 aliphatic carbocycles. The van der Waals surface area contributed by atoms with E-state index in [-0.39, 0.29) is 23.2 Å². The lowest BCUT2D eigenvalue weighted by Crippen LogP contribution is -2.38. The number of pyridine rings is 1. The smallest absolute Gasteiger partial charge is 0.337 e. The lowest BCUT2D eigenvalue weighted by atomic mass is 9.93. The highest BCUT2D eigenvalue weighted by atomic mass is 16.4. The van der Waals surface area contributed by atoms with Crippen LogP contribution in [0.15, 0.2) is 12.1 Å². The monoisotopic (exact) mass is 290 g/mol. The number of aryl methyl sites for hydroxylation is 1. The zero-order valence-corrected chi connectivity index (χ0v) is 12.7. The predicted molar refractivity (Wildman–Crippen MR) is 79.4 cm³/mol. The van der Waals surface area contributed by atoms with Gasteiger partial charge in [-0.05, 0) is 43.7 Å². The highest BCUT2D eigenvalue weighted by Crippen LogP contribution is 2.33. The molecule has 3 atom stereocenters. The molecule has 1 amide bonds. The number of nitrogens with one attached hydrogen (secondary N) is 1. The Balaban J connectivity index is 2.07. The number of aromatic carboxylic acids is 1. The molecule has 5 heteroatoms. The van der Waals surface area contributed by atoms with Crippen LogP contribution < -0.4 is 5.32 Å². The zero-order chi connectivity index (χ0) is 15.6. The molecule has 5 nitrogen and oxygen atoms in total. The number of nitrogens with zero attached hydrogens (tertiary/aromatic N) is 1. The van der Waals surface area contributed by atoms with Crippen molar-refractivity contribution < 1.29 is 14.7 Å². The minimum Gasteiger partial charge on any atom is -0.478 e. The van der Waals surface area contributed by atoms with Gasteiger partial charge in [0.25, 0.3) is 5.91 Å². The summed E-state index contributed by atoms with van der Waals surface area (Å²) >= 11 is 0. The predicted octanol–water partition coefficient (Wildman–Crippen LogP) is 2.64. The molecule has 1 heterocycles. The Morgan fingerprint density at radius 3 is 2.62 bits per heavy atom. The average Bonchev–Trinajstić information content (AvgIpc) is 2.79. The van der Waals surface area contributed by atoms with E-state index in [1.807, 2.05) is 0 Å². The Bertz CT molecular complexity index is 556. The van der Waals surface area contributed by atoms with Crippen molar-refractivity contribution >= 4 is 11.9 Å². The van der Waals surface area contributed by atoms with E-state index in [1.165, 1.54) is 12.1 Å². The molecule has 21 heavy (non-hydrogen) atoms. The van der Waals surface area contributed by atoms with Crippen molar-refractivity contribution in [1.29, 1.82) is 0 Å². The maximum Gasteiger partial charge on any atom is 0.337 e. The Kier molecular flexibility index (Phi) is 4.60. The standard InChI is InChI=1S/C16H22N2O3/c1-4-11-5-7-13(9(11)2)18-15(19)14-8-6-12(16(20)21)10(3)17-14/h6,8-9,11,13H,4-5,7H2,1-3H3,(H,18,19)(H,20,21). The molecule has 1 saturated carbocycles. The minimum absolute atomic E-state index is 0.131. The number of aromatic nitrogens is 1. The van der Waals surface area contributed by atoms with Crippen LogP contribution in [0.3, 0.4) is 0 Å². The topological polar surface area (TPSA) is 79.3 Å². The summed E-state index contributed by atoms with van der Waals surface area (Å²) in [5.41, 5.74) is 0.775. The molecule has 0 aromatic carbocycles. The number of carbonyl (C=O) groups excluding carboxylic acids is 1. The first kappa shape index (κ1) is 15.5. The van der Waals surface area contributed by atoms with Gasteiger partial charge in [-0.1, -0.05) is 20.3 Å². The van der Waals surface area contributed by atoms with Crippen molar-refractivity contribution in [3.05, 3.63) is 29.1 Å². The number of carbonyl (C=O) groups is 2. The maximum atomic E-state index is 12.3. The fourth-order valence-corrected chi connectivity index (χ4v) is 3.18. The van der Waals surface area contributed by atoms with Gasteiger partial charge in [-0.3, -0.25) is 4.79 Å². The average molecular weight is 290 g/mol. The van der Waals surface area contributed by atoms with Gasteiger partial charge in [-0.15, -0.1) is 0 Å². The van der Waals surface area contributed by atoms with Crippen LogP contribution in [0.5, 0.6) is 0 Å². The Morgan fingerprint density at radius 1 is 1.38 bits per heavy atom.